The topological polar surface area (TPSA) is 96.9 Å². The molecule has 8 heteroatoms. The summed E-state index contributed by atoms with van der Waals surface area (Å²) in [5.74, 6) is 1.04. The summed E-state index contributed by atoms with van der Waals surface area (Å²) in [6.45, 7) is 3.34. The monoisotopic (exact) mass is 437 g/mol. The van der Waals surface area contributed by atoms with Crippen molar-refractivity contribution >= 4 is 5.91 Å². The Morgan fingerprint density at radius 1 is 1.19 bits per heavy atom. The fraction of sp³-hybridized carbons (Fsp3) is 0.333. The van der Waals surface area contributed by atoms with Crippen molar-refractivity contribution < 1.29 is 24.1 Å². The van der Waals surface area contributed by atoms with E-state index < -0.39 is 0 Å². The van der Waals surface area contributed by atoms with E-state index in [1.54, 1.807) is 26.4 Å². The molecule has 2 N–H and O–H groups in total. The van der Waals surface area contributed by atoms with Crippen LogP contribution in [0.2, 0.25) is 0 Å². The maximum absolute atomic E-state index is 13.3. The van der Waals surface area contributed by atoms with Gasteiger partial charge in [0.15, 0.2) is 11.5 Å². The van der Waals surface area contributed by atoms with Crippen molar-refractivity contribution in [1.82, 2.24) is 15.1 Å². The van der Waals surface area contributed by atoms with Gasteiger partial charge in [0.05, 0.1) is 25.5 Å². The zero-order chi connectivity index (χ0) is 22.7. The Morgan fingerprint density at radius 3 is 2.78 bits per heavy atom. The Morgan fingerprint density at radius 2 is 2.03 bits per heavy atom. The summed E-state index contributed by atoms with van der Waals surface area (Å²) in [6, 6.07) is 12.4. The lowest BCUT2D eigenvalue weighted by atomic mass is 9.95. The van der Waals surface area contributed by atoms with Crippen LogP contribution < -0.4 is 9.47 Å². The summed E-state index contributed by atoms with van der Waals surface area (Å²) >= 11 is 0. The van der Waals surface area contributed by atoms with E-state index in [0.717, 1.165) is 16.7 Å². The molecule has 1 unspecified atom stereocenters. The van der Waals surface area contributed by atoms with Gasteiger partial charge < -0.3 is 24.2 Å². The lowest BCUT2D eigenvalue weighted by Crippen LogP contribution is -2.31. The highest BCUT2D eigenvalue weighted by Gasteiger charge is 2.42. The first-order valence-electron chi connectivity index (χ1n) is 10.6. The third-order valence-corrected chi connectivity index (χ3v) is 5.55. The summed E-state index contributed by atoms with van der Waals surface area (Å²) in [7, 11) is 3.26. The van der Waals surface area contributed by atoms with Gasteiger partial charge in [-0.05, 0) is 43.2 Å². The van der Waals surface area contributed by atoms with Gasteiger partial charge in [-0.3, -0.25) is 9.89 Å². The molecule has 1 aliphatic heterocycles. The molecule has 1 amide bonds. The van der Waals surface area contributed by atoms with Crippen molar-refractivity contribution in [3.63, 3.8) is 0 Å². The number of carbonyl (C=O) groups is 1. The molecule has 0 saturated heterocycles. The van der Waals surface area contributed by atoms with Gasteiger partial charge in [-0.1, -0.05) is 18.2 Å². The third kappa shape index (κ3) is 3.89. The second kappa shape index (κ2) is 9.32. The van der Waals surface area contributed by atoms with Gasteiger partial charge >= 0.3 is 0 Å². The van der Waals surface area contributed by atoms with Gasteiger partial charge in [0.25, 0.3) is 5.91 Å². The van der Waals surface area contributed by atoms with E-state index in [9.17, 15) is 9.90 Å². The third-order valence-electron chi connectivity index (χ3n) is 5.55. The van der Waals surface area contributed by atoms with E-state index in [-0.39, 0.29) is 17.7 Å². The van der Waals surface area contributed by atoms with E-state index in [4.69, 9.17) is 14.2 Å². The van der Waals surface area contributed by atoms with Crippen LogP contribution >= 0.6 is 0 Å². The van der Waals surface area contributed by atoms with Gasteiger partial charge in [-0.25, -0.2) is 0 Å². The fourth-order valence-corrected chi connectivity index (χ4v) is 4.12. The second-order valence-corrected chi connectivity index (χ2v) is 7.50. The first-order valence-corrected chi connectivity index (χ1v) is 10.6. The molecule has 0 aliphatic carbocycles. The number of amides is 1. The quantitative estimate of drug-likeness (QED) is 0.495. The lowest BCUT2D eigenvalue weighted by molar-refractivity contribution is 0.0723. The van der Waals surface area contributed by atoms with Crippen LogP contribution in [0.15, 0.2) is 42.5 Å². The molecule has 1 atom stereocenters. The van der Waals surface area contributed by atoms with E-state index in [2.05, 4.69) is 10.2 Å². The molecule has 2 heterocycles. The normalized spacial score (nSPS) is 15.2. The van der Waals surface area contributed by atoms with Crippen LogP contribution in [0.4, 0.5) is 0 Å². The maximum atomic E-state index is 13.3. The number of H-pyrrole nitrogens is 1. The predicted molar refractivity (Wildman–Crippen MR) is 119 cm³/mol. The first kappa shape index (κ1) is 21.7. The number of phenols is 1. The highest BCUT2D eigenvalue weighted by molar-refractivity contribution is 6.00. The molecular weight excluding hydrogens is 410 g/mol. The van der Waals surface area contributed by atoms with E-state index in [1.807, 2.05) is 42.2 Å². The smallest absolute Gasteiger partial charge is 0.273 e. The number of fused-ring (bicyclic) bond motifs is 1. The van der Waals surface area contributed by atoms with Crippen LogP contribution in [0.1, 0.15) is 41.0 Å². The average molecular weight is 437 g/mol. The minimum Gasteiger partial charge on any atom is -0.504 e. The number of hydrogen-bond donors (Lipinski definition) is 2. The van der Waals surface area contributed by atoms with E-state index in [0.29, 0.717) is 49.1 Å². The van der Waals surface area contributed by atoms with E-state index >= 15 is 0 Å². The molecule has 2 aromatic carbocycles. The molecule has 4 rings (SSSR count). The Labute approximate surface area is 186 Å². The van der Waals surface area contributed by atoms with Crippen LogP contribution in [-0.4, -0.2) is 60.1 Å². The minimum atomic E-state index is -0.380. The Hall–Kier alpha value is -3.52. The zero-order valence-electron chi connectivity index (χ0n) is 18.4. The van der Waals surface area contributed by atoms with Crippen molar-refractivity contribution in [2.24, 2.45) is 0 Å². The van der Waals surface area contributed by atoms with Gasteiger partial charge in [0.1, 0.15) is 11.4 Å². The number of aromatic amines is 1. The molecule has 0 fully saturated rings. The second-order valence-electron chi connectivity index (χ2n) is 7.50. The molecule has 0 radical (unpaired) electrons. The van der Waals surface area contributed by atoms with Gasteiger partial charge in [-0.2, -0.15) is 5.10 Å². The van der Waals surface area contributed by atoms with Gasteiger partial charge in [-0.15, -0.1) is 0 Å². The number of ether oxygens (including phenoxy) is 3. The molecule has 0 bridgehead atoms. The number of nitrogens with one attached hydrogen (secondary N) is 1. The minimum absolute atomic E-state index is 0.0614. The molecule has 1 aromatic heterocycles. The average Bonchev–Trinajstić information content (AvgIpc) is 3.35. The predicted octanol–water partition coefficient (Wildman–Crippen LogP) is 3.77. The van der Waals surface area contributed by atoms with Crippen molar-refractivity contribution in [3.05, 3.63) is 59.3 Å². The van der Waals surface area contributed by atoms with Crippen LogP contribution in [0.3, 0.4) is 0 Å². The molecule has 168 valence electrons. The standard InChI is InChI=1S/C24H27N3O5/c1-4-32-19-14-16(9-10-18(19)28)23-20-21(15-7-5-8-17(13-15)31-3)25-26-22(20)24(29)27(23)11-6-12-30-2/h5,7-10,13-14,23,28H,4,6,11-12H2,1-3H3,(H,25,26). The molecule has 0 spiro atoms. The Balaban J connectivity index is 1.83. The number of aromatic hydroxyl groups is 1. The molecule has 0 saturated carbocycles. The van der Waals surface area contributed by atoms with Crippen molar-refractivity contribution in [2.75, 3.05) is 34.0 Å². The molecule has 8 nitrogen and oxygen atoms in total. The van der Waals surface area contributed by atoms with Crippen molar-refractivity contribution in [1.29, 1.82) is 0 Å². The highest BCUT2D eigenvalue weighted by Crippen LogP contribution is 2.44. The number of carbonyl (C=O) groups excluding carboxylic acids is 1. The number of hydrogen-bond acceptors (Lipinski definition) is 6. The largest absolute Gasteiger partial charge is 0.504 e. The van der Waals surface area contributed by atoms with Crippen molar-refractivity contribution in [3.8, 4) is 28.5 Å². The zero-order valence-corrected chi connectivity index (χ0v) is 18.4. The summed E-state index contributed by atoms with van der Waals surface area (Å²) in [5.41, 5.74) is 3.64. The SMILES string of the molecule is CCOc1cc(C2c3c(-c4cccc(OC)c4)n[nH]c3C(=O)N2CCCOC)ccc1O. The van der Waals surface area contributed by atoms with Crippen LogP contribution in [0.25, 0.3) is 11.3 Å². The Kier molecular flexibility index (Phi) is 6.32. The van der Waals surface area contributed by atoms with Crippen LogP contribution in [0.5, 0.6) is 17.2 Å². The summed E-state index contributed by atoms with van der Waals surface area (Å²) in [6.07, 6.45) is 0.696. The summed E-state index contributed by atoms with van der Waals surface area (Å²) in [4.78, 5) is 15.1. The maximum Gasteiger partial charge on any atom is 0.273 e. The van der Waals surface area contributed by atoms with Crippen LogP contribution in [0, 0.1) is 0 Å². The lowest BCUT2D eigenvalue weighted by Gasteiger charge is -2.27. The molecule has 32 heavy (non-hydrogen) atoms. The number of benzene rings is 2. The molecule has 1 aliphatic rings. The van der Waals surface area contributed by atoms with Crippen molar-refractivity contribution in [2.45, 2.75) is 19.4 Å². The molecular formula is C24H27N3O5. The number of phenolic OH excluding ortho intramolecular Hbond substituents is 1. The van der Waals surface area contributed by atoms with Crippen LogP contribution in [-0.2, 0) is 4.74 Å². The molecule has 3 aromatic rings. The number of rotatable bonds is 9. The number of nitrogens with zero attached hydrogens (tertiary/aromatic N) is 2. The van der Waals surface area contributed by atoms with Gasteiger partial charge in [0, 0.05) is 31.4 Å². The number of methoxy groups -OCH3 is 2. The fourth-order valence-electron chi connectivity index (χ4n) is 4.12. The van der Waals surface area contributed by atoms with Gasteiger partial charge in [0.2, 0.25) is 0 Å². The highest BCUT2D eigenvalue weighted by atomic mass is 16.5. The summed E-state index contributed by atoms with van der Waals surface area (Å²) < 4.78 is 16.2. The Bertz CT molecular complexity index is 1110. The number of aromatic nitrogens is 2. The summed E-state index contributed by atoms with van der Waals surface area (Å²) in [5, 5.41) is 17.6. The van der Waals surface area contributed by atoms with E-state index in [1.165, 1.54) is 0 Å². The first-order chi connectivity index (χ1) is 15.6.